The second-order valence-corrected chi connectivity index (χ2v) is 4.68. The Kier molecular flexibility index (Phi) is 4.09. The maximum atomic E-state index is 11.2. The fourth-order valence-electron chi connectivity index (χ4n) is 1.61. The number of nitrogens with zero attached hydrogens (tertiary/aromatic N) is 2. The average molecular weight is 265 g/mol. The van der Waals surface area contributed by atoms with Crippen molar-refractivity contribution in [2.24, 2.45) is 0 Å². The zero-order valence-corrected chi connectivity index (χ0v) is 11.2. The lowest BCUT2D eigenvalue weighted by Gasteiger charge is -2.05. The van der Waals surface area contributed by atoms with E-state index in [4.69, 9.17) is 4.74 Å². The van der Waals surface area contributed by atoms with Crippen LogP contribution in [-0.4, -0.2) is 29.1 Å². The van der Waals surface area contributed by atoms with Gasteiger partial charge in [0.1, 0.15) is 12.1 Å². The molecule has 0 atom stereocenters. The molecule has 18 heavy (non-hydrogen) atoms. The van der Waals surface area contributed by atoms with Crippen LogP contribution in [0.5, 0.6) is 0 Å². The molecule has 0 fully saturated rings. The third-order valence-corrected chi connectivity index (χ3v) is 3.55. The van der Waals surface area contributed by atoms with Crippen LogP contribution in [0.1, 0.15) is 18.9 Å². The van der Waals surface area contributed by atoms with Crippen molar-refractivity contribution in [2.75, 3.05) is 18.5 Å². The smallest absolute Gasteiger partial charge is 0.307 e. The molecule has 2 heterocycles. The van der Waals surface area contributed by atoms with Crippen LogP contribution >= 0.6 is 11.3 Å². The fourth-order valence-corrected chi connectivity index (χ4v) is 2.58. The largest absolute Gasteiger partial charge is 0.466 e. The quantitative estimate of drug-likeness (QED) is 0.841. The standard InChI is InChI=1S/C12H15N3O2S/c1-3-17-9(16)4-5-13-12-11-10(14-7-15-12)8(2)6-18-11/h6-7H,3-5H2,1-2H3,(H,13,14,15). The fraction of sp³-hybridized carbons (Fsp3) is 0.417. The summed E-state index contributed by atoms with van der Waals surface area (Å²) in [5, 5.41) is 5.20. The third-order valence-electron chi connectivity index (χ3n) is 2.46. The summed E-state index contributed by atoms with van der Waals surface area (Å²) in [6.45, 7) is 4.75. The van der Waals surface area contributed by atoms with E-state index >= 15 is 0 Å². The zero-order chi connectivity index (χ0) is 13.0. The van der Waals surface area contributed by atoms with Crippen LogP contribution in [0, 0.1) is 6.92 Å². The minimum Gasteiger partial charge on any atom is -0.466 e. The minimum atomic E-state index is -0.197. The van der Waals surface area contributed by atoms with Gasteiger partial charge >= 0.3 is 5.97 Å². The molecule has 2 aromatic heterocycles. The molecule has 0 spiro atoms. The number of aryl methyl sites for hydroxylation is 1. The maximum Gasteiger partial charge on any atom is 0.307 e. The van der Waals surface area contributed by atoms with E-state index in [0.717, 1.165) is 21.6 Å². The van der Waals surface area contributed by atoms with Crippen molar-refractivity contribution in [3.05, 3.63) is 17.3 Å². The molecule has 6 heteroatoms. The summed E-state index contributed by atoms with van der Waals surface area (Å²) in [5.74, 6) is 0.583. The first-order valence-corrected chi connectivity index (χ1v) is 6.68. The van der Waals surface area contributed by atoms with Gasteiger partial charge in [0, 0.05) is 6.54 Å². The molecule has 0 amide bonds. The van der Waals surface area contributed by atoms with Crippen molar-refractivity contribution in [1.82, 2.24) is 9.97 Å². The van der Waals surface area contributed by atoms with Gasteiger partial charge in [0.15, 0.2) is 0 Å². The van der Waals surface area contributed by atoms with E-state index in [1.807, 2.05) is 6.92 Å². The first-order valence-electron chi connectivity index (χ1n) is 5.80. The Bertz CT molecular complexity index is 553. The van der Waals surface area contributed by atoms with Gasteiger partial charge in [0.05, 0.1) is 23.2 Å². The second kappa shape index (κ2) is 5.77. The van der Waals surface area contributed by atoms with Gasteiger partial charge in [0.2, 0.25) is 0 Å². The van der Waals surface area contributed by atoms with E-state index in [2.05, 4.69) is 20.7 Å². The van der Waals surface area contributed by atoms with Crippen molar-refractivity contribution >= 4 is 33.3 Å². The summed E-state index contributed by atoms with van der Waals surface area (Å²) in [6.07, 6.45) is 1.87. The van der Waals surface area contributed by atoms with Crippen LogP contribution in [0.15, 0.2) is 11.7 Å². The van der Waals surface area contributed by atoms with E-state index in [1.54, 1.807) is 18.3 Å². The number of esters is 1. The van der Waals surface area contributed by atoms with E-state index in [0.29, 0.717) is 19.6 Å². The number of anilines is 1. The molecule has 1 N–H and O–H groups in total. The Morgan fingerprint density at radius 2 is 2.33 bits per heavy atom. The Balaban J connectivity index is 2.01. The van der Waals surface area contributed by atoms with Gasteiger partial charge in [-0.25, -0.2) is 9.97 Å². The summed E-state index contributed by atoms with van der Waals surface area (Å²) in [4.78, 5) is 19.6. The summed E-state index contributed by atoms with van der Waals surface area (Å²) >= 11 is 1.61. The van der Waals surface area contributed by atoms with E-state index in [9.17, 15) is 4.79 Å². The molecule has 0 unspecified atom stereocenters. The number of hydrogen-bond donors (Lipinski definition) is 1. The van der Waals surface area contributed by atoms with Gasteiger partial charge < -0.3 is 10.1 Å². The third kappa shape index (κ3) is 2.76. The Labute approximate surface area is 109 Å². The number of hydrogen-bond acceptors (Lipinski definition) is 6. The monoisotopic (exact) mass is 265 g/mol. The molecular formula is C12H15N3O2S. The van der Waals surface area contributed by atoms with Gasteiger partial charge in [-0.05, 0) is 24.8 Å². The summed E-state index contributed by atoms with van der Waals surface area (Å²) < 4.78 is 5.89. The van der Waals surface area contributed by atoms with Gasteiger partial charge in [0.25, 0.3) is 0 Å². The second-order valence-electron chi connectivity index (χ2n) is 3.80. The molecule has 0 saturated heterocycles. The van der Waals surface area contributed by atoms with Crippen molar-refractivity contribution in [3.63, 3.8) is 0 Å². The number of thiophene rings is 1. The molecule has 5 nitrogen and oxygen atoms in total. The SMILES string of the molecule is CCOC(=O)CCNc1ncnc2c(C)csc12. The van der Waals surface area contributed by atoms with Crippen LogP contribution in [-0.2, 0) is 9.53 Å². The van der Waals surface area contributed by atoms with Crippen molar-refractivity contribution in [1.29, 1.82) is 0 Å². The van der Waals surface area contributed by atoms with Crippen molar-refractivity contribution in [2.45, 2.75) is 20.3 Å². The maximum absolute atomic E-state index is 11.2. The van der Waals surface area contributed by atoms with Crippen LogP contribution in [0.2, 0.25) is 0 Å². The Morgan fingerprint density at radius 1 is 1.50 bits per heavy atom. The van der Waals surface area contributed by atoms with E-state index in [-0.39, 0.29) is 5.97 Å². The number of fused-ring (bicyclic) bond motifs is 1. The van der Waals surface area contributed by atoms with E-state index < -0.39 is 0 Å². The number of nitrogens with one attached hydrogen (secondary N) is 1. The zero-order valence-electron chi connectivity index (χ0n) is 10.4. The van der Waals surface area contributed by atoms with Gasteiger partial charge in [-0.1, -0.05) is 0 Å². The van der Waals surface area contributed by atoms with Crippen molar-refractivity contribution < 1.29 is 9.53 Å². The number of rotatable bonds is 5. The molecule has 2 aromatic rings. The normalized spacial score (nSPS) is 10.6. The molecular weight excluding hydrogens is 250 g/mol. The minimum absolute atomic E-state index is 0.197. The molecule has 96 valence electrons. The van der Waals surface area contributed by atoms with Gasteiger partial charge in [-0.3, -0.25) is 4.79 Å². The van der Waals surface area contributed by atoms with Gasteiger partial charge in [-0.2, -0.15) is 0 Å². The molecule has 0 radical (unpaired) electrons. The highest BCUT2D eigenvalue weighted by atomic mass is 32.1. The predicted molar refractivity (Wildman–Crippen MR) is 71.9 cm³/mol. The van der Waals surface area contributed by atoms with Crippen LogP contribution in [0.4, 0.5) is 5.82 Å². The highest BCUT2D eigenvalue weighted by Crippen LogP contribution is 2.28. The Morgan fingerprint density at radius 3 is 3.11 bits per heavy atom. The molecule has 2 rings (SSSR count). The lowest BCUT2D eigenvalue weighted by molar-refractivity contribution is -0.142. The topological polar surface area (TPSA) is 64.1 Å². The first kappa shape index (κ1) is 12.8. The highest BCUT2D eigenvalue weighted by molar-refractivity contribution is 7.18. The summed E-state index contributed by atoms with van der Waals surface area (Å²) in [7, 11) is 0. The lowest BCUT2D eigenvalue weighted by atomic mass is 10.3. The number of carbonyl (C=O) groups is 1. The Hall–Kier alpha value is -1.69. The van der Waals surface area contributed by atoms with Crippen LogP contribution in [0.3, 0.4) is 0 Å². The van der Waals surface area contributed by atoms with Crippen molar-refractivity contribution in [3.8, 4) is 0 Å². The molecule has 0 saturated carbocycles. The van der Waals surface area contributed by atoms with Crippen LogP contribution in [0.25, 0.3) is 10.2 Å². The predicted octanol–water partition coefficient (Wildman–Crippen LogP) is 2.36. The molecule has 0 bridgehead atoms. The average Bonchev–Trinajstić information content (AvgIpc) is 2.73. The number of aromatic nitrogens is 2. The summed E-state index contributed by atoms with van der Waals surface area (Å²) in [6, 6.07) is 0. The van der Waals surface area contributed by atoms with Gasteiger partial charge in [-0.15, -0.1) is 11.3 Å². The number of ether oxygens (including phenoxy) is 1. The lowest BCUT2D eigenvalue weighted by Crippen LogP contribution is -2.12. The van der Waals surface area contributed by atoms with Crippen LogP contribution < -0.4 is 5.32 Å². The first-order chi connectivity index (χ1) is 8.72. The molecule has 0 aliphatic rings. The molecule has 0 aliphatic carbocycles. The van der Waals surface area contributed by atoms with E-state index in [1.165, 1.54) is 6.33 Å². The highest BCUT2D eigenvalue weighted by Gasteiger charge is 2.08. The molecule has 0 aromatic carbocycles. The molecule has 0 aliphatic heterocycles. The summed E-state index contributed by atoms with van der Waals surface area (Å²) in [5.41, 5.74) is 2.11. The number of carbonyl (C=O) groups excluding carboxylic acids is 1.